The third-order valence-corrected chi connectivity index (χ3v) is 1.31. The van der Waals surface area contributed by atoms with Crippen molar-refractivity contribution in [1.82, 2.24) is 0 Å². The minimum absolute atomic E-state index is 0.0290. The van der Waals surface area contributed by atoms with Gasteiger partial charge in [-0.3, -0.25) is 0 Å². The molecule has 78 valence electrons. The van der Waals surface area contributed by atoms with Gasteiger partial charge in [-0.05, 0) is 6.92 Å². The van der Waals surface area contributed by atoms with Crippen LogP contribution in [0.15, 0.2) is 12.2 Å². The second-order valence-corrected chi connectivity index (χ2v) is 2.50. The molecule has 0 radical (unpaired) electrons. The number of aliphatic hydroxyl groups is 2. The number of rotatable bonds is 8. The summed E-state index contributed by atoms with van der Waals surface area (Å²) in [5.41, 5.74) is 0. The van der Waals surface area contributed by atoms with Crippen molar-refractivity contribution < 1.29 is 19.7 Å². The van der Waals surface area contributed by atoms with E-state index in [9.17, 15) is 0 Å². The predicted octanol–water partition coefficient (Wildman–Crippen LogP) is -0.0511. The van der Waals surface area contributed by atoms with E-state index in [1.807, 2.05) is 6.92 Å². The zero-order valence-electron chi connectivity index (χ0n) is 7.98. The zero-order chi connectivity index (χ0) is 9.94. The second-order valence-electron chi connectivity index (χ2n) is 2.50. The van der Waals surface area contributed by atoms with E-state index in [0.29, 0.717) is 19.8 Å². The molecule has 0 saturated carbocycles. The van der Waals surface area contributed by atoms with Gasteiger partial charge in [0.1, 0.15) is 0 Å². The van der Waals surface area contributed by atoms with E-state index in [4.69, 9.17) is 19.7 Å². The van der Waals surface area contributed by atoms with Crippen molar-refractivity contribution in [3.63, 3.8) is 0 Å². The van der Waals surface area contributed by atoms with Crippen LogP contribution in [0, 0.1) is 0 Å². The first-order chi connectivity index (χ1) is 6.31. The summed E-state index contributed by atoms with van der Waals surface area (Å²) in [7, 11) is 0. The van der Waals surface area contributed by atoms with Gasteiger partial charge in [-0.25, -0.2) is 0 Å². The van der Waals surface area contributed by atoms with Crippen molar-refractivity contribution in [3.8, 4) is 0 Å². The molecule has 0 heterocycles. The SMILES string of the molecule is CC=CC(O)COCCOCCO. The van der Waals surface area contributed by atoms with Crippen LogP contribution in [0.4, 0.5) is 0 Å². The fourth-order valence-electron chi connectivity index (χ4n) is 0.766. The van der Waals surface area contributed by atoms with E-state index >= 15 is 0 Å². The van der Waals surface area contributed by atoms with E-state index < -0.39 is 6.10 Å². The van der Waals surface area contributed by atoms with Crippen molar-refractivity contribution >= 4 is 0 Å². The summed E-state index contributed by atoms with van der Waals surface area (Å²) >= 11 is 0. The molecule has 4 nitrogen and oxygen atoms in total. The molecule has 13 heavy (non-hydrogen) atoms. The number of ether oxygens (including phenoxy) is 2. The zero-order valence-corrected chi connectivity index (χ0v) is 7.98. The Balaban J connectivity index is 3.06. The second kappa shape index (κ2) is 9.67. The lowest BCUT2D eigenvalue weighted by molar-refractivity contribution is 0.00920. The summed E-state index contributed by atoms with van der Waals surface area (Å²) in [6, 6.07) is 0. The topological polar surface area (TPSA) is 58.9 Å². The number of hydrogen-bond donors (Lipinski definition) is 2. The molecule has 0 aliphatic rings. The van der Waals surface area contributed by atoms with Gasteiger partial charge in [-0.2, -0.15) is 0 Å². The Morgan fingerprint density at radius 3 is 2.54 bits per heavy atom. The standard InChI is InChI=1S/C9H18O4/c1-2-3-9(11)8-13-7-6-12-5-4-10/h2-3,9-11H,4-8H2,1H3. The van der Waals surface area contributed by atoms with Crippen molar-refractivity contribution in [3.05, 3.63) is 12.2 Å². The summed E-state index contributed by atoms with van der Waals surface area (Å²) in [6.07, 6.45) is 2.90. The Morgan fingerprint density at radius 2 is 1.92 bits per heavy atom. The molecule has 0 spiro atoms. The predicted molar refractivity (Wildman–Crippen MR) is 49.5 cm³/mol. The highest BCUT2D eigenvalue weighted by atomic mass is 16.5. The first-order valence-electron chi connectivity index (χ1n) is 4.38. The van der Waals surface area contributed by atoms with E-state index in [2.05, 4.69) is 0 Å². The third-order valence-electron chi connectivity index (χ3n) is 1.31. The van der Waals surface area contributed by atoms with Gasteiger partial charge in [0.25, 0.3) is 0 Å². The summed E-state index contributed by atoms with van der Waals surface area (Å²) < 4.78 is 10.0. The molecule has 0 amide bonds. The van der Waals surface area contributed by atoms with Crippen LogP contribution in [0.25, 0.3) is 0 Å². The van der Waals surface area contributed by atoms with E-state index in [1.54, 1.807) is 12.2 Å². The highest BCUT2D eigenvalue weighted by Gasteiger charge is 1.97. The highest BCUT2D eigenvalue weighted by molar-refractivity contribution is 4.84. The molecular formula is C9H18O4. The summed E-state index contributed by atoms with van der Waals surface area (Å²) in [6.45, 7) is 3.38. The van der Waals surface area contributed by atoms with Crippen molar-refractivity contribution in [2.24, 2.45) is 0 Å². The molecular weight excluding hydrogens is 172 g/mol. The van der Waals surface area contributed by atoms with Gasteiger partial charge >= 0.3 is 0 Å². The molecule has 0 aliphatic heterocycles. The fraction of sp³-hybridized carbons (Fsp3) is 0.778. The molecule has 0 aromatic heterocycles. The Labute approximate surface area is 78.8 Å². The summed E-state index contributed by atoms with van der Waals surface area (Å²) in [5.74, 6) is 0. The van der Waals surface area contributed by atoms with Gasteiger partial charge in [0.05, 0.1) is 39.1 Å². The lowest BCUT2D eigenvalue weighted by Gasteiger charge is -2.07. The number of hydrogen-bond acceptors (Lipinski definition) is 4. The summed E-state index contributed by atoms with van der Waals surface area (Å²) in [5, 5.41) is 17.5. The Kier molecular flexibility index (Phi) is 9.35. The first kappa shape index (κ1) is 12.6. The van der Waals surface area contributed by atoms with E-state index in [1.165, 1.54) is 0 Å². The average molecular weight is 190 g/mol. The van der Waals surface area contributed by atoms with Crippen LogP contribution >= 0.6 is 0 Å². The van der Waals surface area contributed by atoms with Crippen LogP contribution in [0.1, 0.15) is 6.92 Å². The quantitative estimate of drug-likeness (QED) is 0.416. The van der Waals surface area contributed by atoms with Crippen LogP contribution in [0.3, 0.4) is 0 Å². The molecule has 0 aromatic carbocycles. The highest BCUT2D eigenvalue weighted by Crippen LogP contribution is 1.88. The fourth-order valence-corrected chi connectivity index (χ4v) is 0.766. The van der Waals surface area contributed by atoms with Crippen molar-refractivity contribution in [1.29, 1.82) is 0 Å². The van der Waals surface area contributed by atoms with Crippen molar-refractivity contribution in [2.75, 3.05) is 33.0 Å². The smallest absolute Gasteiger partial charge is 0.0954 e. The molecule has 1 unspecified atom stereocenters. The van der Waals surface area contributed by atoms with Crippen LogP contribution in [0.2, 0.25) is 0 Å². The maximum Gasteiger partial charge on any atom is 0.0954 e. The average Bonchev–Trinajstić information content (AvgIpc) is 2.11. The maximum atomic E-state index is 9.16. The van der Waals surface area contributed by atoms with E-state index in [-0.39, 0.29) is 13.2 Å². The van der Waals surface area contributed by atoms with Crippen LogP contribution < -0.4 is 0 Å². The molecule has 2 N–H and O–H groups in total. The molecule has 4 heteroatoms. The third kappa shape index (κ3) is 9.49. The monoisotopic (exact) mass is 190 g/mol. The molecule has 0 rings (SSSR count). The van der Waals surface area contributed by atoms with Gasteiger partial charge in [0.15, 0.2) is 0 Å². The molecule has 0 aromatic rings. The minimum atomic E-state index is -0.539. The first-order valence-corrected chi connectivity index (χ1v) is 4.38. The molecule has 1 atom stereocenters. The number of allylic oxidation sites excluding steroid dienone is 1. The van der Waals surface area contributed by atoms with Gasteiger partial charge < -0.3 is 19.7 Å². The molecule has 0 aliphatic carbocycles. The van der Waals surface area contributed by atoms with Gasteiger partial charge in [-0.15, -0.1) is 0 Å². The normalized spacial score (nSPS) is 13.8. The molecule has 0 saturated heterocycles. The lowest BCUT2D eigenvalue weighted by atomic mass is 10.3. The van der Waals surface area contributed by atoms with Crippen LogP contribution in [-0.4, -0.2) is 49.4 Å². The van der Waals surface area contributed by atoms with Gasteiger partial charge in [0.2, 0.25) is 0 Å². The van der Waals surface area contributed by atoms with Gasteiger partial charge in [0, 0.05) is 0 Å². The maximum absolute atomic E-state index is 9.16. The minimum Gasteiger partial charge on any atom is -0.394 e. The van der Waals surface area contributed by atoms with Crippen LogP contribution in [0.5, 0.6) is 0 Å². The van der Waals surface area contributed by atoms with E-state index in [0.717, 1.165) is 0 Å². The summed E-state index contributed by atoms with van der Waals surface area (Å²) in [4.78, 5) is 0. The van der Waals surface area contributed by atoms with Crippen molar-refractivity contribution in [2.45, 2.75) is 13.0 Å². The Morgan fingerprint density at radius 1 is 1.23 bits per heavy atom. The Bertz CT molecular complexity index is 125. The Hall–Kier alpha value is -0.420. The van der Waals surface area contributed by atoms with Gasteiger partial charge in [-0.1, -0.05) is 12.2 Å². The lowest BCUT2D eigenvalue weighted by Crippen LogP contribution is -2.15. The number of aliphatic hydroxyl groups excluding tert-OH is 2. The molecule has 0 fully saturated rings. The largest absolute Gasteiger partial charge is 0.394 e. The molecule has 0 bridgehead atoms. The van der Waals surface area contributed by atoms with Crippen LogP contribution in [-0.2, 0) is 9.47 Å².